The van der Waals surface area contributed by atoms with Gasteiger partial charge in [-0.2, -0.15) is 5.10 Å². The van der Waals surface area contributed by atoms with Gasteiger partial charge in [-0.3, -0.25) is 24.4 Å². The third-order valence-corrected chi connectivity index (χ3v) is 9.32. The Morgan fingerprint density at radius 3 is 2.36 bits per heavy atom. The number of hydrogen-bond donors (Lipinski definition) is 1. The summed E-state index contributed by atoms with van der Waals surface area (Å²) >= 11 is 0. The number of carbonyl (C=O) groups is 3. The molecule has 0 saturated carbocycles. The molecule has 3 aromatic carbocycles. The van der Waals surface area contributed by atoms with Gasteiger partial charge in [0.1, 0.15) is 18.2 Å². The minimum absolute atomic E-state index is 0.162. The maximum atomic E-state index is 14.7. The number of methoxy groups -OCH3 is 1. The largest absolute Gasteiger partial charge is 0.496 e. The molecule has 1 unspecified atom stereocenters. The molecule has 0 fully saturated rings. The van der Waals surface area contributed by atoms with E-state index in [2.05, 4.69) is 10.2 Å². The lowest BCUT2D eigenvalue weighted by Gasteiger charge is -2.29. The van der Waals surface area contributed by atoms with Crippen molar-refractivity contribution in [1.82, 2.24) is 10.2 Å². The molecule has 3 heterocycles. The number of fused-ring (bicyclic) bond motifs is 3. The van der Waals surface area contributed by atoms with Crippen LogP contribution in [0, 0.1) is 5.92 Å². The normalized spacial score (nSPS) is 18.1. The van der Waals surface area contributed by atoms with Crippen molar-refractivity contribution in [3.63, 3.8) is 0 Å². The van der Waals surface area contributed by atoms with Crippen LogP contribution in [0.1, 0.15) is 48.2 Å². The predicted octanol–water partition coefficient (Wildman–Crippen LogP) is 5.54. The number of para-hydroxylation sites is 3. The summed E-state index contributed by atoms with van der Waals surface area (Å²) in [6, 6.07) is 22.5. The van der Waals surface area contributed by atoms with E-state index in [0.717, 1.165) is 78.9 Å². The van der Waals surface area contributed by atoms with E-state index < -0.39 is 11.8 Å². The number of aromatic amines is 1. The van der Waals surface area contributed by atoms with Gasteiger partial charge in [-0.1, -0.05) is 36.4 Å². The monoisotopic (exact) mass is 603 g/mol. The standard InChI is InChI=1S/C36H37N5O4/c1-45-33-20-11-19-30-26(33)15-9-10-21-39(30)34(42)23-40-31-17-7-8-18-32(31)41(24-12-3-2-4-13-24)36(44)27(35(40)43)22-29-25-14-5-6-16-28(25)37-38-29/h2-4,7-8,11-13,17-20,27H,5-6,9-10,14-16,21-23H2,1H3,(H,37,38). The topological polar surface area (TPSA) is 98.8 Å². The average molecular weight is 604 g/mol. The van der Waals surface area contributed by atoms with Crippen LogP contribution in [0.5, 0.6) is 5.75 Å². The van der Waals surface area contributed by atoms with Gasteiger partial charge in [-0.25, -0.2) is 0 Å². The molecule has 1 N–H and O–H groups in total. The molecular weight excluding hydrogens is 566 g/mol. The van der Waals surface area contributed by atoms with E-state index >= 15 is 0 Å². The van der Waals surface area contributed by atoms with E-state index in [1.54, 1.807) is 16.9 Å². The Labute approximate surface area is 262 Å². The Morgan fingerprint density at radius 2 is 1.53 bits per heavy atom. The van der Waals surface area contributed by atoms with Gasteiger partial charge < -0.3 is 14.5 Å². The van der Waals surface area contributed by atoms with Crippen LogP contribution in [0.4, 0.5) is 22.7 Å². The van der Waals surface area contributed by atoms with E-state index in [-0.39, 0.29) is 24.8 Å². The lowest BCUT2D eigenvalue weighted by molar-refractivity contribution is -0.132. The van der Waals surface area contributed by atoms with E-state index in [0.29, 0.717) is 23.6 Å². The molecule has 9 heteroatoms. The van der Waals surface area contributed by atoms with E-state index in [9.17, 15) is 14.4 Å². The summed E-state index contributed by atoms with van der Waals surface area (Å²) in [6.07, 6.45) is 6.67. The van der Waals surface area contributed by atoms with Crippen LogP contribution in [0.25, 0.3) is 0 Å². The second-order valence-corrected chi connectivity index (χ2v) is 12.0. The van der Waals surface area contributed by atoms with E-state index in [4.69, 9.17) is 4.74 Å². The molecule has 4 aromatic rings. The first-order chi connectivity index (χ1) is 22.0. The Balaban J connectivity index is 1.30. The number of benzene rings is 3. The number of anilines is 4. The lowest BCUT2D eigenvalue weighted by Crippen LogP contribution is -2.47. The van der Waals surface area contributed by atoms with Gasteiger partial charge in [-0.15, -0.1) is 0 Å². The molecule has 1 atom stereocenters. The first-order valence-electron chi connectivity index (χ1n) is 15.9. The molecule has 3 aliphatic rings. The van der Waals surface area contributed by atoms with Crippen LogP contribution in [0.2, 0.25) is 0 Å². The van der Waals surface area contributed by atoms with Gasteiger partial charge in [0.05, 0.1) is 29.9 Å². The molecule has 0 radical (unpaired) electrons. The predicted molar refractivity (Wildman–Crippen MR) is 173 cm³/mol. The van der Waals surface area contributed by atoms with Crippen molar-refractivity contribution >= 4 is 40.5 Å². The van der Waals surface area contributed by atoms with Crippen LogP contribution in [-0.2, 0) is 40.1 Å². The number of aromatic nitrogens is 2. The van der Waals surface area contributed by atoms with Crippen molar-refractivity contribution in [1.29, 1.82) is 0 Å². The fraction of sp³-hybridized carbons (Fsp3) is 0.333. The summed E-state index contributed by atoms with van der Waals surface area (Å²) in [5, 5.41) is 7.76. The van der Waals surface area contributed by atoms with Gasteiger partial charge in [0.25, 0.3) is 0 Å². The third-order valence-electron chi connectivity index (χ3n) is 9.32. The zero-order valence-corrected chi connectivity index (χ0v) is 25.5. The summed E-state index contributed by atoms with van der Waals surface area (Å²) in [5.74, 6) is -1.23. The number of rotatable bonds is 6. The van der Waals surface area contributed by atoms with Crippen LogP contribution < -0.4 is 19.4 Å². The highest BCUT2D eigenvalue weighted by Crippen LogP contribution is 2.41. The highest BCUT2D eigenvalue weighted by atomic mass is 16.5. The molecule has 1 aromatic heterocycles. The highest BCUT2D eigenvalue weighted by molar-refractivity contribution is 6.21. The summed E-state index contributed by atoms with van der Waals surface area (Å²) in [6.45, 7) is 0.345. The van der Waals surface area contributed by atoms with Crippen molar-refractivity contribution in [2.45, 2.75) is 51.4 Å². The molecule has 45 heavy (non-hydrogen) atoms. The molecule has 2 aliphatic heterocycles. The number of aryl methyl sites for hydroxylation is 1. The number of hydrogen-bond acceptors (Lipinski definition) is 5. The number of ether oxygens (including phenoxy) is 1. The lowest BCUT2D eigenvalue weighted by atomic mass is 9.91. The average Bonchev–Trinajstić information content (AvgIpc) is 3.31. The maximum Gasteiger partial charge on any atom is 0.247 e. The quantitative estimate of drug-likeness (QED) is 0.292. The van der Waals surface area contributed by atoms with Crippen molar-refractivity contribution in [2.75, 3.05) is 34.9 Å². The first kappa shape index (κ1) is 28.8. The highest BCUT2D eigenvalue weighted by Gasteiger charge is 2.43. The van der Waals surface area contributed by atoms with Crippen molar-refractivity contribution in [3.8, 4) is 5.75 Å². The van der Waals surface area contributed by atoms with E-state index in [1.807, 2.05) is 72.8 Å². The minimum atomic E-state index is -1.06. The summed E-state index contributed by atoms with van der Waals surface area (Å²) < 4.78 is 5.64. The van der Waals surface area contributed by atoms with Crippen molar-refractivity contribution < 1.29 is 19.1 Å². The SMILES string of the molecule is COc1cccc2c1CCCCN2C(=O)CN1C(=O)C(Cc2n[nH]c3c2CCCC3)C(=O)N(c2ccccc2)c2ccccc21. The second kappa shape index (κ2) is 12.2. The van der Waals surface area contributed by atoms with Gasteiger partial charge in [0.15, 0.2) is 0 Å². The van der Waals surface area contributed by atoms with Crippen molar-refractivity contribution in [3.05, 3.63) is 95.3 Å². The van der Waals surface area contributed by atoms with Crippen LogP contribution >= 0.6 is 0 Å². The molecule has 0 saturated heterocycles. The van der Waals surface area contributed by atoms with Gasteiger partial charge in [0, 0.05) is 29.9 Å². The molecule has 7 rings (SSSR count). The molecule has 0 spiro atoms. The molecule has 3 amide bonds. The molecule has 1 aliphatic carbocycles. The summed E-state index contributed by atoms with van der Waals surface area (Å²) in [5.41, 5.74) is 6.55. The van der Waals surface area contributed by atoms with Crippen LogP contribution in [-0.4, -0.2) is 48.1 Å². The van der Waals surface area contributed by atoms with Gasteiger partial charge >= 0.3 is 0 Å². The number of amides is 3. The van der Waals surface area contributed by atoms with E-state index in [1.165, 1.54) is 4.90 Å². The Hall–Kier alpha value is -4.92. The summed E-state index contributed by atoms with van der Waals surface area (Å²) in [7, 11) is 1.64. The summed E-state index contributed by atoms with van der Waals surface area (Å²) in [4.78, 5) is 48.4. The fourth-order valence-corrected chi connectivity index (χ4v) is 7.08. The minimum Gasteiger partial charge on any atom is -0.496 e. The first-order valence-corrected chi connectivity index (χ1v) is 15.9. The Bertz CT molecular complexity index is 1750. The second-order valence-electron chi connectivity index (χ2n) is 12.0. The number of H-pyrrole nitrogens is 1. The number of carbonyl (C=O) groups excluding carboxylic acids is 3. The van der Waals surface area contributed by atoms with Gasteiger partial charge in [-0.05, 0) is 86.9 Å². The number of nitrogens with one attached hydrogen (secondary N) is 1. The number of nitrogens with zero attached hydrogens (tertiary/aromatic N) is 4. The van der Waals surface area contributed by atoms with Crippen LogP contribution in [0.3, 0.4) is 0 Å². The zero-order chi connectivity index (χ0) is 30.9. The molecule has 0 bridgehead atoms. The van der Waals surface area contributed by atoms with Gasteiger partial charge in [0.2, 0.25) is 17.7 Å². The third kappa shape index (κ3) is 5.26. The fourth-order valence-electron chi connectivity index (χ4n) is 7.08. The Kier molecular flexibility index (Phi) is 7.83. The Morgan fingerprint density at radius 1 is 0.822 bits per heavy atom. The van der Waals surface area contributed by atoms with Crippen LogP contribution in [0.15, 0.2) is 72.8 Å². The molecular formula is C36H37N5O4. The van der Waals surface area contributed by atoms with Crippen molar-refractivity contribution in [2.24, 2.45) is 5.92 Å². The zero-order valence-electron chi connectivity index (χ0n) is 25.5. The molecule has 9 nitrogen and oxygen atoms in total. The molecule has 230 valence electrons. The maximum absolute atomic E-state index is 14.7. The smallest absolute Gasteiger partial charge is 0.247 e.